The Hall–Kier alpha value is -3.36. The largest absolute Gasteiger partial charge is 0.349 e. The molecule has 0 spiro atoms. The van der Waals surface area contributed by atoms with Crippen molar-refractivity contribution in [3.63, 3.8) is 0 Å². The molecule has 9 heteroatoms. The van der Waals surface area contributed by atoms with E-state index in [0.717, 1.165) is 31.9 Å². The lowest BCUT2D eigenvalue weighted by Crippen LogP contribution is -2.36. The summed E-state index contributed by atoms with van der Waals surface area (Å²) in [4.78, 5) is 25.9. The number of hydrogen-bond acceptors (Lipinski definition) is 4. The van der Waals surface area contributed by atoms with Crippen molar-refractivity contribution in [3.05, 3.63) is 94.5 Å². The molecule has 37 heavy (non-hydrogen) atoms. The van der Waals surface area contributed by atoms with Gasteiger partial charge in [0, 0.05) is 16.6 Å². The zero-order valence-electron chi connectivity index (χ0n) is 20.6. The molecule has 1 saturated carbocycles. The van der Waals surface area contributed by atoms with E-state index in [1.165, 1.54) is 10.7 Å². The molecule has 0 unspecified atom stereocenters. The summed E-state index contributed by atoms with van der Waals surface area (Å²) in [5.74, 6) is -0.556. The van der Waals surface area contributed by atoms with Crippen LogP contribution in [0.1, 0.15) is 58.4 Å². The molecular weight excluding hydrogens is 510 g/mol. The zero-order valence-corrected chi connectivity index (χ0v) is 22.2. The van der Waals surface area contributed by atoms with Gasteiger partial charge >= 0.3 is 0 Å². The van der Waals surface area contributed by atoms with Gasteiger partial charge in [-0.1, -0.05) is 61.2 Å². The van der Waals surface area contributed by atoms with E-state index in [2.05, 4.69) is 10.6 Å². The van der Waals surface area contributed by atoms with Crippen molar-refractivity contribution in [2.24, 2.45) is 0 Å². The van der Waals surface area contributed by atoms with Crippen LogP contribution < -0.4 is 14.9 Å². The van der Waals surface area contributed by atoms with Gasteiger partial charge in [0.05, 0.1) is 29.7 Å². The molecule has 0 bridgehead atoms. The SMILES string of the molecule is CS(=O)(=O)N(Cc1ccc(C(=O)Nc2ccccc2C(=O)NC2CCCCC2)cc1)c1cccc(Cl)c1. The van der Waals surface area contributed by atoms with Gasteiger partial charge in [0.15, 0.2) is 0 Å². The first kappa shape index (κ1) is 26.7. The first-order valence-electron chi connectivity index (χ1n) is 12.2. The summed E-state index contributed by atoms with van der Waals surface area (Å²) in [5.41, 5.74) is 2.41. The molecule has 2 amide bonds. The van der Waals surface area contributed by atoms with Gasteiger partial charge in [-0.25, -0.2) is 8.42 Å². The predicted molar refractivity (Wildman–Crippen MR) is 148 cm³/mol. The third-order valence-corrected chi connectivity index (χ3v) is 7.77. The number of carbonyl (C=O) groups is 2. The molecule has 0 aliphatic heterocycles. The summed E-state index contributed by atoms with van der Waals surface area (Å²) >= 11 is 6.05. The molecule has 3 aromatic rings. The number of hydrogen-bond donors (Lipinski definition) is 2. The third-order valence-electron chi connectivity index (χ3n) is 6.40. The van der Waals surface area contributed by atoms with E-state index in [4.69, 9.17) is 11.6 Å². The first-order valence-corrected chi connectivity index (χ1v) is 14.5. The average Bonchev–Trinajstić information content (AvgIpc) is 2.88. The predicted octanol–water partition coefficient (Wildman–Crippen LogP) is 5.62. The Balaban J connectivity index is 1.46. The Labute approximate surface area is 222 Å². The number of carbonyl (C=O) groups excluding carboxylic acids is 2. The van der Waals surface area contributed by atoms with Crippen LogP contribution in [-0.4, -0.2) is 32.5 Å². The van der Waals surface area contributed by atoms with Gasteiger partial charge in [0.2, 0.25) is 10.0 Å². The number of rotatable bonds is 8. The topological polar surface area (TPSA) is 95.6 Å². The smallest absolute Gasteiger partial charge is 0.255 e. The number of amides is 2. The van der Waals surface area contributed by atoms with Gasteiger partial charge in [-0.3, -0.25) is 13.9 Å². The minimum Gasteiger partial charge on any atom is -0.349 e. The second kappa shape index (κ2) is 11.8. The molecule has 0 aromatic heterocycles. The van der Waals surface area contributed by atoms with Crippen LogP contribution in [0.4, 0.5) is 11.4 Å². The van der Waals surface area contributed by atoms with E-state index in [9.17, 15) is 18.0 Å². The lowest BCUT2D eigenvalue weighted by molar-refractivity contribution is 0.0928. The summed E-state index contributed by atoms with van der Waals surface area (Å²) in [7, 11) is -3.57. The average molecular weight is 540 g/mol. The molecule has 0 heterocycles. The Morgan fingerprint density at radius 1 is 0.919 bits per heavy atom. The van der Waals surface area contributed by atoms with Crippen LogP contribution in [0.25, 0.3) is 0 Å². The molecule has 3 aromatic carbocycles. The normalized spacial score (nSPS) is 14.1. The lowest BCUT2D eigenvalue weighted by atomic mass is 9.95. The Bertz CT molecular complexity index is 1370. The van der Waals surface area contributed by atoms with E-state index in [1.54, 1.807) is 72.8 Å². The van der Waals surface area contributed by atoms with Gasteiger partial charge in [-0.15, -0.1) is 0 Å². The first-order chi connectivity index (χ1) is 17.7. The van der Waals surface area contributed by atoms with Crippen LogP contribution in [0.15, 0.2) is 72.8 Å². The number of nitrogens with one attached hydrogen (secondary N) is 2. The molecule has 0 radical (unpaired) electrons. The van der Waals surface area contributed by atoms with E-state index >= 15 is 0 Å². The fourth-order valence-corrected chi connectivity index (χ4v) is 5.52. The number of benzene rings is 3. The zero-order chi connectivity index (χ0) is 26.4. The van der Waals surface area contributed by atoms with Gasteiger partial charge in [-0.2, -0.15) is 0 Å². The summed E-state index contributed by atoms with van der Waals surface area (Å²) in [6.07, 6.45) is 6.50. The van der Waals surface area contributed by atoms with Crippen molar-refractivity contribution in [3.8, 4) is 0 Å². The fraction of sp³-hybridized carbons (Fsp3) is 0.286. The maximum absolute atomic E-state index is 13.0. The van der Waals surface area contributed by atoms with Gasteiger partial charge in [0.25, 0.3) is 11.8 Å². The highest BCUT2D eigenvalue weighted by Crippen LogP contribution is 2.25. The Kier molecular flexibility index (Phi) is 8.51. The minimum atomic E-state index is -3.57. The molecular formula is C28H30ClN3O4S. The fourth-order valence-electron chi connectivity index (χ4n) is 4.45. The number of anilines is 2. The monoisotopic (exact) mass is 539 g/mol. The maximum Gasteiger partial charge on any atom is 0.255 e. The standard InChI is InChI=1S/C28H30ClN3O4S/c1-37(35,36)32(24-11-7-8-22(29)18-24)19-20-14-16-21(17-15-20)27(33)31-26-13-6-5-12-25(26)28(34)30-23-9-3-2-4-10-23/h5-8,11-18,23H,2-4,9-10,19H2,1H3,(H,30,34)(H,31,33). The third kappa shape index (κ3) is 7.11. The minimum absolute atomic E-state index is 0.0885. The molecule has 2 N–H and O–H groups in total. The summed E-state index contributed by atoms with van der Waals surface area (Å²) in [6, 6.07) is 20.4. The van der Waals surface area contributed by atoms with Gasteiger partial charge < -0.3 is 10.6 Å². The van der Waals surface area contributed by atoms with E-state index in [0.29, 0.717) is 33.1 Å². The van der Waals surface area contributed by atoms with Crippen LogP contribution in [-0.2, 0) is 16.6 Å². The molecule has 1 fully saturated rings. The van der Waals surface area contributed by atoms with Crippen LogP contribution in [0.5, 0.6) is 0 Å². The Morgan fingerprint density at radius 3 is 2.30 bits per heavy atom. The van der Waals surface area contributed by atoms with Crippen LogP contribution >= 0.6 is 11.6 Å². The van der Waals surface area contributed by atoms with Crippen molar-refractivity contribution >= 4 is 44.8 Å². The van der Waals surface area contributed by atoms with Gasteiger partial charge in [0.1, 0.15) is 0 Å². The molecule has 7 nitrogen and oxygen atoms in total. The summed E-state index contributed by atoms with van der Waals surface area (Å²) in [5, 5.41) is 6.37. The number of sulfonamides is 1. The second-order valence-corrected chi connectivity index (χ2v) is 11.6. The van der Waals surface area contributed by atoms with Crippen LogP contribution in [0, 0.1) is 0 Å². The van der Waals surface area contributed by atoms with Gasteiger partial charge in [-0.05, 0) is 60.9 Å². The Morgan fingerprint density at radius 2 is 1.62 bits per heavy atom. The van der Waals surface area contributed by atoms with Crippen LogP contribution in [0.2, 0.25) is 5.02 Å². The highest BCUT2D eigenvalue weighted by Gasteiger charge is 2.21. The van der Waals surface area contributed by atoms with Crippen molar-refractivity contribution in [1.82, 2.24) is 5.32 Å². The number of nitrogens with zero attached hydrogens (tertiary/aromatic N) is 1. The van der Waals surface area contributed by atoms with Crippen molar-refractivity contribution < 1.29 is 18.0 Å². The summed E-state index contributed by atoms with van der Waals surface area (Å²) < 4.78 is 26.1. The molecule has 4 rings (SSSR count). The van der Waals surface area contributed by atoms with Crippen molar-refractivity contribution in [2.45, 2.75) is 44.7 Å². The van der Waals surface area contributed by atoms with E-state index < -0.39 is 10.0 Å². The highest BCUT2D eigenvalue weighted by atomic mass is 35.5. The van der Waals surface area contributed by atoms with E-state index in [1.807, 2.05) is 0 Å². The number of halogens is 1. The summed E-state index contributed by atoms with van der Waals surface area (Å²) in [6.45, 7) is 0.0885. The van der Waals surface area contributed by atoms with Crippen molar-refractivity contribution in [2.75, 3.05) is 15.9 Å². The maximum atomic E-state index is 13.0. The number of para-hydroxylation sites is 1. The quantitative estimate of drug-likeness (QED) is 0.388. The molecule has 194 valence electrons. The molecule has 1 aliphatic rings. The molecule has 0 saturated heterocycles. The molecule has 0 atom stereocenters. The highest BCUT2D eigenvalue weighted by molar-refractivity contribution is 7.92. The van der Waals surface area contributed by atoms with Crippen molar-refractivity contribution in [1.29, 1.82) is 0 Å². The van der Waals surface area contributed by atoms with E-state index in [-0.39, 0.29) is 24.4 Å². The van der Waals surface area contributed by atoms with Crippen LogP contribution in [0.3, 0.4) is 0 Å². The second-order valence-electron chi connectivity index (χ2n) is 9.25. The molecule has 1 aliphatic carbocycles. The lowest BCUT2D eigenvalue weighted by Gasteiger charge is -2.23.